The zero-order valence-electron chi connectivity index (χ0n) is 12.2. The fourth-order valence-corrected chi connectivity index (χ4v) is 3.65. The maximum Gasteiger partial charge on any atom is 0.220 e. The van der Waals surface area contributed by atoms with Crippen molar-refractivity contribution in [3.8, 4) is 0 Å². The van der Waals surface area contributed by atoms with Crippen molar-refractivity contribution in [2.45, 2.75) is 70.0 Å². The molecule has 2 nitrogen and oxygen atoms in total. The van der Waals surface area contributed by atoms with Crippen LogP contribution in [-0.4, -0.2) is 15.0 Å². The SMILES string of the molecule is C=CCC1=C(O)[C@@](C)(CCCCCCCC)SC1=O. The third kappa shape index (κ3) is 4.41. The van der Waals surface area contributed by atoms with Gasteiger partial charge in [0.1, 0.15) is 5.76 Å². The van der Waals surface area contributed by atoms with Gasteiger partial charge in [0.25, 0.3) is 0 Å². The average Bonchev–Trinajstić information content (AvgIpc) is 2.58. The second-order valence-electron chi connectivity index (χ2n) is 5.46. The van der Waals surface area contributed by atoms with E-state index >= 15 is 0 Å². The standard InChI is InChI=1S/C16H26O2S/c1-4-6-7-8-9-10-12-16(3)14(17)13(11-5-2)15(18)19-16/h5,17H,2,4,6-12H2,1,3H3/t16-/m1/s1. The molecule has 0 radical (unpaired) electrons. The van der Waals surface area contributed by atoms with Crippen LogP contribution in [0.2, 0.25) is 0 Å². The molecule has 19 heavy (non-hydrogen) atoms. The number of aliphatic hydroxyl groups is 1. The number of aliphatic hydroxyl groups excluding tert-OH is 1. The first kappa shape index (κ1) is 16.4. The molecule has 0 aromatic rings. The first-order valence-corrected chi connectivity index (χ1v) is 8.13. The van der Waals surface area contributed by atoms with Crippen LogP contribution in [0.5, 0.6) is 0 Å². The number of thioether (sulfide) groups is 1. The number of allylic oxidation sites excluding steroid dienone is 1. The van der Waals surface area contributed by atoms with Crippen molar-refractivity contribution in [3.63, 3.8) is 0 Å². The largest absolute Gasteiger partial charge is 0.510 e. The topological polar surface area (TPSA) is 37.3 Å². The first-order valence-electron chi connectivity index (χ1n) is 7.32. The van der Waals surface area contributed by atoms with Gasteiger partial charge in [-0.1, -0.05) is 63.3 Å². The van der Waals surface area contributed by atoms with Crippen molar-refractivity contribution >= 4 is 16.9 Å². The Labute approximate surface area is 121 Å². The summed E-state index contributed by atoms with van der Waals surface area (Å²) in [5.74, 6) is 0.288. The Morgan fingerprint density at radius 3 is 2.53 bits per heavy atom. The fourth-order valence-electron chi connectivity index (χ4n) is 2.47. The molecule has 108 valence electrons. The van der Waals surface area contributed by atoms with Gasteiger partial charge in [0, 0.05) is 5.57 Å². The molecule has 0 spiro atoms. The molecule has 1 heterocycles. The summed E-state index contributed by atoms with van der Waals surface area (Å²) < 4.78 is -0.403. The lowest BCUT2D eigenvalue weighted by Crippen LogP contribution is -2.20. The minimum absolute atomic E-state index is 0.0193. The molecule has 1 aliphatic rings. The lowest BCUT2D eigenvalue weighted by atomic mass is 9.96. The molecular weight excluding hydrogens is 256 g/mol. The summed E-state index contributed by atoms with van der Waals surface area (Å²) >= 11 is 1.28. The first-order chi connectivity index (χ1) is 9.05. The Bertz CT molecular complexity index is 360. The lowest BCUT2D eigenvalue weighted by molar-refractivity contribution is -0.107. The summed E-state index contributed by atoms with van der Waals surface area (Å²) in [5.41, 5.74) is 0.550. The van der Waals surface area contributed by atoms with E-state index in [0.717, 1.165) is 12.8 Å². The highest BCUT2D eigenvalue weighted by molar-refractivity contribution is 8.15. The minimum atomic E-state index is -0.403. The Morgan fingerprint density at radius 1 is 1.26 bits per heavy atom. The summed E-state index contributed by atoms with van der Waals surface area (Å²) in [7, 11) is 0. The highest BCUT2D eigenvalue weighted by Gasteiger charge is 2.42. The summed E-state index contributed by atoms with van der Waals surface area (Å²) in [4.78, 5) is 11.9. The van der Waals surface area contributed by atoms with Crippen LogP contribution in [0.4, 0.5) is 0 Å². The number of unbranched alkanes of at least 4 members (excludes halogenated alkanes) is 5. The normalized spacial score (nSPS) is 23.2. The van der Waals surface area contributed by atoms with Crippen molar-refractivity contribution in [2.24, 2.45) is 0 Å². The van der Waals surface area contributed by atoms with E-state index < -0.39 is 4.75 Å². The molecule has 0 saturated heterocycles. The van der Waals surface area contributed by atoms with Gasteiger partial charge in [-0.15, -0.1) is 6.58 Å². The van der Waals surface area contributed by atoms with Gasteiger partial charge in [0.15, 0.2) is 0 Å². The van der Waals surface area contributed by atoms with E-state index in [1.54, 1.807) is 6.08 Å². The maximum absolute atomic E-state index is 11.9. The molecule has 0 aromatic heterocycles. The molecule has 0 unspecified atom stereocenters. The van der Waals surface area contributed by atoms with E-state index in [1.807, 2.05) is 6.92 Å². The van der Waals surface area contributed by atoms with E-state index in [4.69, 9.17) is 0 Å². The maximum atomic E-state index is 11.9. The molecule has 0 fully saturated rings. The van der Waals surface area contributed by atoms with Gasteiger partial charge in [-0.2, -0.15) is 0 Å². The summed E-state index contributed by atoms with van der Waals surface area (Å²) in [5, 5.41) is 10.3. The number of carbonyl (C=O) groups excluding carboxylic acids is 1. The Balaban J connectivity index is 2.44. The molecule has 0 amide bonds. The summed E-state index contributed by atoms with van der Waals surface area (Å²) in [6.45, 7) is 7.83. The fraction of sp³-hybridized carbons (Fsp3) is 0.688. The Kier molecular flexibility index (Phi) is 6.70. The van der Waals surface area contributed by atoms with Gasteiger partial charge < -0.3 is 5.11 Å². The van der Waals surface area contributed by atoms with Gasteiger partial charge in [-0.25, -0.2) is 0 Å². The molecule has 0 aromatic carbocycles. The molecule has 3 heteroatoms. The van der Waals surface area contributed by atoms with Gasteiger partial charge >= 0.3 is 0 Å². The Hall–Kier alpha value is -0.700. The zero-order chi connectivity index (χ0) is 14.3. The van der Waals surface area contributed by atoms with E-state index in [9.17, 15) is 9.90 Å². The van der Waals surface area contributed by atoms with Crippen LogP contribution in [0.3, 0.4) is 0 Å². The molecule has 0 aliphatic carbocycles. The number of hydrogen-bond acceptors (Lipinski definition) is 3. The van der Waals surface area contributed by atoms with Gasteiger partial charge in [-0.05, 0) is 19.8 Å². The molecule has 0 saturated carbocycles. The molecule has 1 N–H and O–H groups in total. The molecule has 1 rings (SSSR count). The summed E-state index contributed by atoms with van der Waals surface area (Å²) in [6, 6.07) is 0. The molecule has 0 bridgehead atoms. The van der Waals surface area contributed by atoms with E-state index in [1.165, 1.54) is 43.9 Å². The monoisotopic (exact) mass is 282 g/mol. The molecular formula is C16H26O2S. The minimum Gasteiger partial charge on any atom is -0.510 e. The second-order valence-corrected chi connectivity index (χ2v) is 6.93. The van der Waals surface area contributed by atoms with Crippen molar-refractivity contribution in [1.29, 1.82) is 0 Å². The summed E-state index contributed by atoms with van der Waals surface area (Å²) in [6.07, 6.45) is 10.4. The van der Waals surface area contributed by atoms with Crippen molar-refractivity contribution in [2.75, 3.05) is 0 Å². The Morgan fingerprint density at radius 2 is 1.89 bits per heavy atom. The highest BCUT2D eigenvalue weighted by Crippen LogP contribution is 2.46. The van der Waals surface area contributed by atoms with E-state index in [-0.39, 0.29) is 10.9 Å². The predicted molar refractivity (Wildman–Crippen MR) is 83.5 cm³/mol. The second kappa shape index (κ2) is 7.78. The van der Waals surface area contributed by atoms with E-state index in [2.05, 4.69) is 13.5 Å². The average molecular weight is 282 g/mol. The van der Waals surface area contributed by atoms with Gasteiger partial charge in [0.2, 0.25) is 5.12 Å². The lowest BCUT2D eigenvalue weighted by Gasteiger charge is -2.22. The van der Waals surface area contributed by atoms with Gasteiger partial charge in [0.05, 0.1) is 4.75 Å². The van der Waals surface area contributed by atoms with Crippen LogP contribution < -0.4 is 0 Å². The van der Waals surface area contributed by atoms with E-state index in [0.29, 0.717) is 12.0 Å². The van der Waals surface area contributed by atoms with Crippen molar-refractivity contribution in [3.05, 3.63) is 24.0 Å². The number of hydrogen-bond donors (Lipinski definition) is 1. The van der Waals surface area contributed by atoms with Crippen LogP contribution >= 0.6 is 11.8 Å². The third-order valence-corrected chi connectivity index (χ3v) is 4.99. The van der Waals surface area contributed by atoms with Gasteiger partial charge in [-0.3, -0.25) is 4.79 Å². The van der Waals surface area contributed by atoms with Crippen LogP contribution in [0.1, 0.15) is 65.2 Å². The zero-order valence-corrected chi connectivity index (χ0v) is 13.0. The third-order valence-electron chi connectivity index (χ3n) is 3.71. The van der Waals surface area contributed by atoms with Crippen LogP contribution in [0, 0.1) is 0 Å². The highest BCUT2D eigenvalue weighted by atomic mass is 32.2. The van der Waals surface area contributed by atoms with Crippen LogP contribution in [0.25, 0.3) is 0 Å². The number of carbonyl (C=O) groups is 1. The van der Waals surface area contributed by atoms with Crippen molar-refractivity contribution < 1.29 is 9.90 Å². The predicted octanol–water partition coefficient (Wildman–Crippen LogP) is 5.16. The number of rotatable bonds is 9. The molecule has 1 atom stereocenters. The smallest absolute Gasteiger partial charge is 0.220 e. The van der Waals surface area contributed by atoms with Crippen molar-refractivity contribution in [1.82, 2.24) is 0 Å². The van der Waals surface area contributed by atoms with Crippen LogP contribution in [-0.2, 0) is 4.79 Å². The molecule has 1 aliphatic heterocycles. The van der Waals surface area contributed by atoms with Crippen LogP contribution in [0.15, 0.2) is 24.0 Å². The quantitative estimate of drug-likeness (QED) is 0.469.